The predicted molar refractivity (Wildman–Crippen MR) is 74.3 cm³/mol. The zero-order valence-electron chi connectivity index (χ0n) is 9.27. The second kappa shape index (κ2) is 4.88. The van der Waals surface area contributed by atoms with Gasteiger partial charge in [0, 0.05) is 22.1 Å². The Balaban J connectivity index is 1.92. The molecule has 1 aliphatic carbocycles. The molecular weight excluding hydrogens is 296 g/mol. The van der Waals surface area contributed by atoms with Crippen LogP contribution < -0.4 is 5.32 Å². The van der Waals surface area contributed by atoms with Gasteiger partial charge >= 0.3 is 0 Å². The average Bonchev–Trinajstić information content (AvgIpc) is 2.99. The summed E-state index contributed by atoms with van der Waals surface area (Å²) in [5, 5.41) is 6.85. The van der Waals surface area contributed by atoms with Crippen LogP contribution in [-0.4, -0.2) is 11.0 Å². The summed E-state index contributed by atoms with van der Waals surface area (Å²) in [6, 6.07) is 9.37. The Kier molecular flexibility index (Phi) is 3.27. The minimum Gasteiger partial charge on any atom is -0.301 e. The van der Waals surface area contributed by atoms with E-state index in [-0.39, 0.29) is 6.04 Å². The smallest absolute Gasteiger partial charge is 0.114 e. The molecule has 1 aromatic carbocycles. The summed E-state index contributed by atoms with van der Waals surface area (Å²) in [5.74, 6) is 0. The van der Waals surface area contributed by atoms with Gasteiger partial charge in [0.25, 0.3) is 0 Å². The van der Waals surface area contributed by atoms with Crippen molar-refractivity contribution in [1.82, 2.24) is 10.3 Å². The van der Waals surface area contributed by atoms with Crippen molar-refractivity contribution in [1.29, 1.82) is 0 Å². The number of benzene rings is 1. The van der Waals surface area contributed by atoms with E-state index in [1.807, 2.05) is 11.6 Å². The van der Waals surface area contributed by atoms with E-state index in [1.165, 1.54) is 18.4 Å². The Morgan fingerprint density at radius 3 is 2.94 bits per heavy atom. The summed E-state index contributed by atoms with van der Waals surface area (Å²) in [6.45, 7) is 0. The molecule has 88 valence electrons. The van der Waals surface area contributed by atoms with Gasteiger partial charge in [0.15, 0.2) is 0 Å². The van der Waals surface area contributed by atoms with Crippen LogP contribution in [-0.2, 0) is 0 Å². The molecule has 0 saturated heterocycles. The predicted octanol–water partition coefficient (Wildman–Crippen LogP) is 3.75. The third-order valence-electron chi connectivity index (χ3n) is 2.86. The molecule has 1 heterocycles. The number of rotatable bonds is 4. The molecule has 0 spiro atoms. The molecule has 1 atom stereocenters. The van der Waals surface area contributed by atoms with E-state index in [2.05, 4.69) is 50.5 Å². The summed E-state index contributed by atoms with van der Waals surface area (Å²) in [7, 11) is 0. The van der Waals surface area contributed by atoms with Crippen molar-refractivity contribution in [2.45, 2.75) is 24.9 Å². The van der Waals surface area contributed by atoms with E-state index < -0.39 is 0 Å². The van der Waals surface area contributed by atoms with Crippen molar-refractivity contribution in [3.05, 3.63) is 50.9 Å². The quantitative estimate of drug-likeness (QED) is 0.930. The van der Waals surface area contributed by atoms with Gasteiger partial charge in [-0.05, 0) is 30.5 Å². The lowest BCUT2D eigenvalue weighted by molar-refractivity contribution is 0.598. The molecule has 1 aliphatic rings. The number of aromatic nitrogens is 1. The van der Waals surface area contributed by atoms with Gasteiger partial charge in [-0.3, -0.25) is 0 Å². The summed E-state index contributed by atoms with van der Waals surface area (Å²) in [4.78, 5) is 4.44. The molecule has 0 radical (unpaired) electrons. The highest BCUT2D eigenvalue weighted by Gasteiger charge is 2.27. The van der Waals surface area contributed by atoms with Crippen LogP contribution in [0.2, 0.25) is 0 Å². The fraction of sp³-hybridized carbons (Fsp3) is 0.308. The Bertz CT molecular complexity index is 494. The van der Waals surface area contributed by atoms with Gasteiger partial charge in [-0.2, -0.15) is 0 Å². The standard InChI is InChI=1S/C13H13BrN2S/c14-10-3-1-2-9(8-10)12(16-11-4-5-11)13-15-6-7-17-13/h1-3,6-8,11-12,16H,4-5H2. The molecule has 2 nitrogen and oxygen atoms in total. The molecule has 17 heavy (non-hydrogen) atoms. The first-order valence-electron chi connectivity index (χ1n) is 5.74. The van der Waals surface area contributed by atoms with Crippen LogP contribution >= 0.6 is 27.3 Å². The van der Waals surface area contributed by atoms with E-state index in [4.69, 9.17) is 0 Å². The third kappa shape index (κ3) is 2.76. The van der Waals surface area contributed by atoms with Crippen LogP contribution in [0.3, 0.4) is 0 Å². The first-order chi connectivity index (χ1) is 8.33. The van der Waals surface area contributed by atoms with Crippen molar-refractivity contribution < 1.29 is 0 Å². The van der Waals surface area contributed by atoms with Crippen molar-refractivity contribution in [3.8, 4) is 0 Å². The maximum absolute atomic E-state index is 4.44. The Morgan fingerprint density at radius 2 is 2.29 bits per heavy atom. The van der Waals surface area contributed by atoms with Crippen molar-refractivity contribution in [2.24, 2.45) is 0 Å². The van der Waals surface area contributed by atoms with Crippen LogP contribution in [0.5, 0.6) is 0 Å². The Hall–Kier alpha value is -0.710. The van der Waals surface area contributed by atoms with E-state index in [0.717, 1.165) is 9.48 Å². The van der Waals surface area contributed by atoms with Gasteiger partial charge in [0.05, 0.1) is 6.04 Å². The molecule has 2 aromatic rings. The SMILES string of the molecule is Brc1cccc(C(NC2CC2)c2nccs2)c1. The molecule has 4 heteroatoms. The van der Waals surface area contributed by atoms with Gasteiger partial charge in [0.1, 0.15) is 5.01 Å². The average molecular weight is 309 g/mol. The summed E-state index contributed by atoms with van der Waals surface area (Å²) in [6.07, 6.45) is 4.45. The van der Waals surface area contributed by atoms with Crippen LogP contribution in [0.25, 0.3) is 0 Å². The first kappa shape index (κ1) is 11.4. The molecule has 0 aliphatic heterocycles. The van der Waals surface area contributed by atoms with Crippen LogP contribution in [0.4, 0.5) is 0 Å². The maximum atomic E-state index is 4.44. The van der Waals surface area contributed by atoms with Gasteiger partial charge in [0.2, 0.25) is 0 Å². The topological polar surface area (TPSA) is 24.9 Å². The number of halogens is 1. The number of nitrogens with zero attached hydrogens (tertiary/aromatic N) is 1. The lowest BCUT2D eigenvalue weighted by atomic mass is 10.1. The number of hydrogen-bond donors (Lipinski definition) is 1. The molecule has 1 fully saturated rings. The molecule has 1 unspecified atom stereocenters. The molecule has 1 saturated carbocycles. The minimum absolute atomic E-state index is 0.236. The lowest BCUT2D eigenvalue weighted by Gasteiger charge is -2.16. The molecule has 1 aromatic heterocycles. The highest BCUT2D eigenvalue weighted by atomic mass is 79.9. The molecule has 0 bridgehead atoms. The zero-order valence-corrected chi connectivity index (χ0v) is 11.7. The second-order valence-corrected chi connectivity index (χ2v) is 6.14. The van der Waals surface area contributed by atoms with Gasteiger partial charge in [-0.15, -0.1) is 11.3 Å². The van der Waals surface area contributed by atoms with Gasteiger partial charge in [-0.1, -0.05) is 28.1 Å². The van der Waals surface area contributed by atoms with Crippen LogP contribution in [0, 0.1) is 0 Å². The summed E-state index contributed by atoms with van der Waals surface area (Å²) in [5.41, 5.74) is 1.28. The minimum atomic E-state index is 0.236. The van der Waals surface area contributed by atoms with E-state index >= 15 is 0 Å². The fourth-order valence-corrected chi connectivity index (χ4v) is 3.00. The van der Waals surface area contributed by atoms with Crippen molar-refractivity contribution in [3.63, 3.8) is 0 Å². The van der Waals surface area contributed by atoms with Crippen LogP contribution in [0.1, 0.15) is 29.5 Å². The van der Waals surface area contributed by atoms with Gasteiger partial charge < -0.3 is 5.32 Å². The third-order valence-corrected chi connectivity index (χ3v) is 4.19. The summed E-state index contributed by atoms with van der Waals surface area (Å²) < 4.78 is 1.12. The molecule has 1 N–H and O–H groups in total. The van der Waals surface area contributed by atoms with E-state index in [1.54, 1.807) is 11.3 Å². The first-order valence-corrected chi connectivity index (χ1v) is 7.41. The molecular formula is C13H13BrN2S. The normalized spacial score (nSPS) is 17.0. The van der Waals surface area contributed by atoms with Crippen LogP contribution in [0.15, 0.2) is 40.3 Å². The fourth-order valence-electron chi connectivity index (χ4n) is 1.86. The molecule has 3 rings (SSSR count). The Labute approximate surface area is 113 Å². The monoisotopic (exact) mass is 308 g/mol. The summed E-state index contributed by atoms with van der Waals surface area (Å²) >= 11 is 5.24. The highest BCUT2D eigenvalue weighted by Crippen LogP contribution is 2.30. The van der Waals surface area contributed by atoms with Crippen molar-refractivity contribution in [2.75, 3.05) is 0 Å². The Morgan fingerprint density at radius 1 is 1.41 bits per heavy atom. The second-order valence-electron chi connectivity index (χ2n) is 4.30. The highest BCUT2D eigenvalue weighted by molar-refractivity contribution is 9.10. The van der Waals surface area contributed by atoms with E-state index in [9.17, 15) is 0 Å². The van der Waals surface area contributed by atoms with Crippen molar-refractivity contribution >= 4 is 27.3 Å². The largest absolute Gasteiger partial charge is 0.301 e. The maximum Gasteiger partial charge on any atom is 0.114 e. The zero-order chi connectivity index (χ0) is 11.7. The number of nitrogens with one attached hydrogen (secondary N) is 1. The lowest BCUT2D eigenvalue weighted by Crippen LogP contribution is -2.24. The molecule has 0 amide bonds. The number of thiazole rings is 1. The van der Waals surface area contributed by atoms with Gasteiger partial charge in [-0.25, -0.2) is 4.98 Å². The number of hydrogen-bond acceptors (Lipinski definition) is 3. The van der Waals surface area contributed by atoms with E-state index in [0.29, 0.717) is 6.04 Å².